The number of nitrogens with zero attached hydrogens (tertiary/aromatic N) is 1. The number of amides is 1. The quantitative estimate of drug-likeness (QED) is 0.871. The van der Waals surface area contributed by atoms with Gasteiger partial charge in [-0.15, -0.1) is 11.3 Å². The lowest BCUT2D eigenvalue weighted by Gasteiger charge is -2.23. The molecular formula is C15H24N2O2S2. The third-order valence-corrected chi connectivity index (χ3v) is 6.11. The number of carbonyl (C=O) groups is 1. The average Bonchev–Trinajstić information content (AvgIpc) is 3.00. The van der Waals surface area contributed by atoms with Crippen LogP contribution in [0.2, 0.25) is 0 Å². The Morgan fingerprint density at radius 2 is 2.14 bits per heavy atom. The van der Waals surface area contributed by atoms with Crippen LogP contribution in [0.25, 0.3) is 0 Å². The summed E-state index contributed by atoms with van der Waals surface area (Å²) in [6.45, 7) is 8.65. The molecule has 0 saturated carbocycles. The first-order chi connectivity index (χ1) is 9.93. The highest BCUT2D eigenvalue weighted by molar-refractivity contribution is 7.84. The van der Waals surface area contributed by atoms with Crippen molar-refractivity contribution in [2.75, 3.05) is 18.1 Å². The van der Waals surface area contributed by atoms with Gasteiger partial charge in [-0.25, -0.2) is 0 Å². The Bertz CT molecular complexity index is 527. The molecule has 1 amide bonds. The van der Waals surface area contributed by atoms with Crippen molar-refractivity contribution in [3.05, 3.63) is 21.9 Å². The summed E-state index contributed by atoms with van der Waals surface area (Å²) in [6.07, 6.45) is -0.0718. The fourth-order valence-corrected chi connectivity index (χ4v) is 4.17. The van der Waals surface area contributed by atoms with Gasteiger partial charge in [0.1, 0.15) is 6.17 Å². The van der Waals surface area contributed by atoms with Crippen molar-refractivity contribution < 1.29 is 9.00 Å². The van der Waals surface area contributed by atoms with Gasteiger partial charge in [0.25, 0.3) is 0 Å². The third kappa shape index (κ3) is 3.73. The second-order valence-electron chi connectivity index (χ2n) is 5.70. The largest absolute Gasteiger partial charge is 0.320 e. The standard InChI is InChI=1S/C15H24N2O2S2/c1-5-21(19)9-8-17-14(12-7-6-11(4)20-12)16-13(10(2)3)15(17)18/h6-7,10,13-14,16H,5,8-9H2,1-4H3. The van der Waals surface area contributed by atoms with Crippen molar-refractivity contribution >= 4 is 28.0 Å². The second-order valence-corrected chi connectivity index (χ2v) is 8.89. The van der Waals surface area contributed by atoms with Gasteiger partial charge in [0.2, 0.25) is 5.91 Å². The molecule has 0 bridgehead atoms. The van der Waals surface area contributed by atoms with E-state index in [1.54, 1.807) is 11.3 Å². The molecular weight excluding hydrogens is 304 g/mol. The first kappa shape index (κ1) is 16.6. The predicted molar refractivity (Wildman–Crippen MR) is 88.8 cm³/mol. The van der Waals surface area contributed by atoms with Crippen molar-refractivity contribution in [1.29, 1.82) is 0 Å². The van der Waals surface area contributed by atoms with Crippen LogP contribution >= 0.6 is 11.3 Å². The minimum atomic E-state index is -0.844. The molecule has 0 radical (unpaired) electrons. The Morgan fingerprint density at radius 1 is 1.43 bits per heavy atom. The van der Waals surface area contributed by atoms with E-state index < -0.39 is 10.8 Å². The van der Waals surface area contributed by atoms with Gasteiger partial charge in [-0.1, -0.05) is 20.8 Å². The first-order valence-electron chi connectivity index (χ1n) is 7.41. The zero-order valence-corrected chi connectivity index (χ0v) is 14.7. The van der Waals surface area contributed by atoms with Crippen LogP contribution in [-0.4, -0.2) is 39.1 Å². The normalized spacial score (nSPS) is 24.0. The molecule has 3 atom stereocenters. The summed E-state index contributed by atoms with van der Waals surface area (Å²) in [6, 6.07) is 4.02. The number of carbonyl (C=O) groups excluding carboxylic acids is 1. The van der Waals surface area contributed by atoms with E-state index in [-0.39, 0.29) is 24.0 Å². The van der Waals surface area contributed by atoms with Gasteiger partial charge in [-0.3, -0.25) is 14.3 Å². The number of hydrogen-bond acceptors (Lipinski definition) is 4. The van der Waals surface area contributed by atoms with E-state index >= 15 is 0 Å². The monoisotopic (exact) mass is 328 g/mol. The average molecular weight is 329 g/mol. The molecule has 3 unspecified atom stereocenters. The highest BCUT2D eigenvalue weighted by Crippen LogP contribution is 2.32. The van der Waals surface area contributed by atoms with Gasteiger partial charge < -0.3 is 4.90 Å². The Morgan fingerprint density at radius 3 is 2.67 bits per heavy atom. The molecule has 1 aromatic heterocycles. The first-order valence-corrected chi connectivity index (χ1v) is 9.72. The van der Waals surface area contributed by atoms with E-state index in [1.807, 2.05) is 11.8 Å². The lowest BCUT2D eigenvalue weighted by Crippen LogP contribution is -2.36. The lowest BCUT2D eigenvalue weighted by atomic mass is 10.1. The highest BCUT2D eigenvalue weighted by atomic mass is 32.2. The van der Waals surface area contributed by atoms with E-state index in [2.05, 4.69) is 38.2 Å². The number of aryl methyl sites for hydroxylation is 1. The van der Waals surface area contributed by atoms with Crippen molar-refractivity contribution in [3.63, 3.8) is 0 Å². The Hall–Kier alpha value is -0.720. The summed E-state index contributed by atoms with van der Waals surface area (Å²) in [5, 5.41) is 3.45. The molecule has 21 heavy (non-hydrogen) atoms. The fraction of sp³-hybridized carbons (Fsp3) is 0.667. The molecule has 1 aromatic rings. The molecule has 0 aliphatic carbocycles. The number of thiophene rings is 1. The van der Waals surface area contributed by atoms with Crippen LogP contribution in [0.5, 0.6) is 0 Å². The molecule has 1 saturated heterocycles. The summed E-state index contributed by atoms with van der Waals surface area (Å²) < 4.78 is 11.7. The van der Waals surface area contributed by atoms with Crippen LogP contribution in [0.1, 0.15) is 36.7 Å². The summed E-state index contributed by atoms with van der Waals surface area (Å²) in [7, 11) is -0.844. The molecule has 6 heteroatoms. The Kier molecular flexibility index (Phi) is 5.57. The summed E-state index contributed by atoms with van der Waals surface area (Å²) in [5.74, 6) is 1.58. The molecule has 1 aliphatic heterocycles. The molecule has 1 N–H and O–H groups in total. The van der Waals surface area contributed by atoms with Gasteiger partial charge in [0, 0.05) is 38.6 Å². The van der Waals surface area contributed by atoms with Crippen molar-refractivity contribution in [2.45, 2.75) is 39.9 Å². The van der Waals surface area contributed by atoms with Gasteiger partial charge in [0.15, 0.2) is 0 Å². The van der Waals surface area contributed by atoms with Crippen LogP contribution in [-0.2, 0) is 15.6 Å². The van der Waals surface area contributed by atoms with Gasteiger partial charge >= 0.3 is 0 Å². The van der Waals surface area contributed by atoms with Gasteiger partial charge in [-0.05, 0) is 25.0 Å². The molecule has 118 valence electrons. The van der Waals surface area contributed by atoms with E-state index in [0.29, 0.717) is 18.1 Å². The topological polar surface area (TPSA) is 49.4 Å². The van der Waals surface area contributed by atoms with E-state index in [0.717, 1.165) is 4.88 Å². The van der Waals surface area contributed by atoms with Crippen LogP contribution in [0.3, 0.4) is 0 Å². The van der Waals surface area contributed by atoms with Crippen LogP contribution in [0.4, 0.5) is 0 Å². The predicted octanol–water partition coefficient (Wildman–Crippen LogP) is 2.28. The van der Waals surface area contributed by atoms with Crippen LogP contribution < -0.4 is 5.32 Å². The maximum Gasteiger partial charge on any atom is 0.241 e. The van der Waals surface area contributed by atoms with Gasteiger partial charge in [-0.2, -0.15) is 0 Å². The summed E-state index contributed by atoms with van der Waals surface area (Å²) in [4.78, 5) is 16.9. The van der Waals surface area contributed by atoms with Crippen molar-refractivity contribution in [1.82, 2.24) is 10.2 Å². The second kappa shape index (κ2) is 7.03. The van der Waals surface area contributed by atoms with Crippen molar-refractivity contribution in [3.8, 4) is 0 Å². The van der Waals surface area contributed by atoms with E-state index in [9.17, 15) is 9.00 Å². The molecule has 2 rings (SSSR count). The van der Waals surface area contributed by atoms with Crippen LogP contribution in [0, 0.1) is 12.8 Å². The zero-order valence-electron chi connectivity index (χ0n) is 13.1. The number of hydrogen-bond donors (Lipinski definition) is 1. The smallest absolute Gasteiger partial charge is 0.241 e. The van der Waals surface area contributed by atoms with Gasteiger partial charge in [0.05, 0.1) is 6.04 Å². The summed E-state index contributed by atoms with van der Waals surface area (Å²) in [5.41, 5.74) is 0. The third-order valence-electron chi connectivity index (χ3n) is 3.78. The summed E-state index contributed by atoms with van der Waals surface area (Å²) >= 11 is 1.71. The van der Waals surface area contributed by atoms with Crippen molar-refractivity contribution in [2.24, 2.45) is 5.92 Å². The molecule has 4 nitrogen and oxygen atoms in total. The molecule has 2 heterocycles. The minimum absolute atomic E-state index is 0.0718. The molecule has 0 spiro atoms. The molecule has 1 fully saturated rings. The lowest BCUT2D eigenvalue weighted by molar-refractivity contribution is -0.130. The fourth-order valence-electron chi connectivity index (χ4n) is 2.53. The Labute approximate surface area is 133 Å². The maximum absolute atomic E-state index is 12.6. The number of rotatable bonds is 6. The Balaban J connectivity index is 2.18. The number of nitrogens with one attached hydrogen (secondary N) is 1. The maximum atomic E-state index is 12.6. The van der Waals surface area contributed by atoms with Crippen LogP contribution in [0.15, 0.2) is 12.1 Å². The zero-order chi connectivity index (χ0) is 15.6. The minimum Gasteiger partial charge on any atom is -0.320 e. The van der Waals surface area contributed by atoms with E-state index in [4.69, 9.17) is 0 Å². The molecule has 0 aromatic carbocycles. The van der Waals surface area contributed by atoms with E-state index in [1.165, 1.54) is 4.88 Å². The highest BCUT2D eigenvalue weighted by Gasteiger charge is 2.41. The molecule has 1 aliphatic rings. The SMILES string of the molecule is CCS(=O)CCN1C(=O)C(C(C)C)NC1c1ccc(C)s1.